The molecule has 0 aliphatic carbocycles. The number of aromatic nitrogens is 6. The van der Waals surface area contributed by atoms with Gasteiger partial charge in [0.2, 0.25) is 0 Å². The summed E-state index contributed by atoms with van der Waals surface area (Å²) in [5.41, 5.74) is 5.04. The SMILES string of the molecule is C#CCCc1cn(CCC)c(=O)n1Cc1ccc(-c2ccccc2-n2cnnn2)cc1. The van der Waals surface area contributed by atoms with Gasteiger partial charge in [0.15, 0.2) is 0 Å². The molecule has 0 aliphatic heterocycles. The van der Waals surface area contributed by atoms with Crippen LogP contribution in [-0.4, -0.2) is 29.3 Å². The van der Waals surface area contributed by atoms with E-state index in [2.05, 4.69) is 52.6 Å². The molecule has 156 valence electrons. The van der Waals surface area contributed by atoms with E-state index in [-0.39, 0.29) is 5.69 Å². The molecule has 31 heavy (non-hydrogen) atoms. The monoisotopic (exact) mass is 412 g/mol. The number of nitrogens with zero attached hydrogens (tertiary/aromatic N) is 6. The van der Waals surface area contributed by atoms with Gasteiger partial charge in [-0.3, -0.25) is 9.13 Å². The van der Waals surface area contributed by atoms with E-state index >= 15 is 0 Å². The first kappa shape index (κ1) is 20.4. The summed E-state index contributed by atoms with van der Waals surface area (Å²) in [7, 11) is 0. The molecule has 0 saturated carbocycles. The molecule has 4 rings (SSSR count). The Hall–Kier alpha value is -3.92. The van der Waals surface area contributed by atoms with Gasteiger partial charge in [0.25, 0.3) is 0 Å². The Balaban J connectivity index is 1.62. The fraction of sp³-hybridized carbons (Fsp3) is 0.250. The summed E-state index contributed by atoms with van der Waals surface area (Å²) in [6.45, 7) is 3.29. The zero-order valence-electron chi connectivity index (χ0n) is 17.5. The molecule has 0 bridgehead atoms. The fourth-order valence-corrected chi connectivity index (χ4v) is 3.71. The van der Waals surface area contributed by atoms with Crippen molar-refractivity contribution in [2.24, 2.45) is 0 Å². The molecule has 2 heterocycles. The van der Waals surface area contributed by atoms with Crippen LogP contribution >= 0.6 is 0 Å². The second-order valence-corrected chi connectivity index (χ2v) is 7.36. The summed E-state index contributed by atoms with van der Waals surface area (Å²) in [5.74, 6) is 2.67. The molecule has 4 aromatic rings. The van der Waals surface area contributed by atoms with E-state index in [0.717, 1.165) is 34.5 Å². The Morgan fingerprint density at radius 3 is 2.61 bits per heavy atom. The van der Waals surface area contributed by atoms with Crippen molar-refractivity contribution in [3.8, 4) is 29.2 Å². The highest BCUT2D eigenvalue weighted by atomic mass is 16.1. The molecule has 2 aromatic heterocycles. The Bertz CT molecular complexity index is 1240. The fourth-order valence-electron chi connectivity index (χ4n) is 3.71. The maximum absolute atomic E-state index is 12.9. The number of hydrogen-bond donors (Lipinski definition) is 0. The van der Waals surface area contributed by atoms with E-state index in [1.165, 1.54) is 0 Å². The minimum Gasteiger partial charge on any atom is -0.299 e. The van der Waals surface area contributed by atoms with Crippen LogP contribution in [0.5, 0.6) is 0 Å². The molecule has 0 radical (unpaired) electrons. The summed E-state index contributed by atoms with van der Waals surface area (Å²) < 4.78 is 5.26. The minimum atomic E-state index is 0.0157. The van der Waals surface area contributed by atoms with Gasteiger partial charge in [0, 0.05) is 36.8 Å². The zero-order valence-corrected chi connectivity index (χ0v) is 17.5. The van der Waals surface area contributed by atoms with E-state index in [1.807, 2.05) is 35.0 Å². The molecular formula is C24H24N6O. The number of terminal acetylenes is 1. The molecule has 7 heteroatoms. The van der Waals surface area contributed by atoms with Crippen LogP contribution in [0.3, 0.4) is 0 Å². The zero-order chi connectivity index (χ0) is 21.6. The third kappa shape index (κ3) is 4.33. The Labute approximate surface area is 181 Å². The standard InChI is InChI=1S/C24H24N6O/c1-3-5-8-21-17-28(15-4-2)24(31)29(21)16-19-11-13-20(14-12-19)22-9-6-7-10-23(22)30-18-25-26-27-30/h1,6-7,9-14,17-18H,4-5,8,15-16H2,2H3. The van der Waals surface area contributed by atoms with Crippen molar-refractivity contribution in [3.05, 3.63) is 82.8 Å². The maximum Gasteiger partial charge on any atom is 0.328 e. The molecule has 7 nitrogen and oxygen atoms in total. The molecule has 0 aliphatic rings. The molecule has 0 unspecified atom stereocenters. The highest BCUT2D eigenvalue weighted by Gasteiger charge is 2.12. The van der Waals surface area contributed by atoms with Gasteiger partial charge in [0.05, 0.1) is 12.2 Å². The van der Waals surface area contributed by atoms with Gasteiger partial charge in [-0.25, -0.2) is 4.79 Å². The lowest BCUT2D eigenvalue weighted by molar-refractivity contribution is 0.620. The Morgan fingerprint density at radius 1 is 1.10 bits per heavy atom. The predicted molar refractivity (Wildman–Crippen MR) is 120 cm³/mol. The van der Waals surface area contributed by atoms with Gasteiger partial charge >= 0.3 is 5.69 Å². The quantitative estimate of drug-likeness (QED) is 0.416. The van der Waals surface area contributed by atoms with Crippen LogP contribution in [0.2, 0.25) is 0 Å². The van der Waals surface area contributed by atoms with Gasteiger partial charge in [-0.15, -0.1) is 17.4 Å². The number of rotatable bonds is 8. The topological polar surface area (TPSA) is 70.5 Å². The minimum absolute atomic E-state index is 0.0157. The number of imidazole rings is 1. The van der Waals surface area contributed by atoms with Crippen molar-refractivity contribution in [3.63, 3.8) is 0 Å². The third-order valence-corrected chi connectivity index (χ3v) is 5.22. The molecule has 0 atom stereocenters. The maximum atomic E-state index is 12.9. The van der Waals surface area contributed by atoms with Crippen LogP contribution in [0.25, 0.3) is 16.8 Å². The Kier molecular flexibility index (Phi) is 6.08. The van der Waals surface area contributed by atoms with Gasteiger partial charge in [-0.1, -0.05) is 49.4 Å². The van der Waals surface area contributed by atoms with Gasteiger partial charge in [-0.2, -0.15) is 4.68 Å². The summed E-state index contributed by atoms with van der Waals surface area (Å²) in [5, 5.41) is 11.5. The van der Waals surface area contributed by atoms with E-state index in [1.54, 1.807) is 15.6 Å². The van der Waals surface area contributed by atoms with E-state index < -0.39 is 0 Å². The van der Waals surface area contributed by atoms with Crippen LogP contribution in [0.1, 0.15) is 31.0 Å². The summed E-state index contributed by atoms with van der Waals surface area (Å²) in [6, 6.07) is 16.2. The van der Waals surface area contributed by atoms with Gasteiger partial charge in [0.1, 0.15) is 6.33 Å². The number of tetrazole rings is 1. The van der Waals surface area contributed by atoms with Crippen molar-refractivity contribution in [1.82, 2.24) is 29.3 Å². The number of benzene rings is 2. The van der Waals surface area contributed by atoms with Crippen molar-refractivity contribution in [2.45, 2.75) is 39.3 Å². The second-order valence-electron chi connectivity index (χ2n) is 7.36. The van der Waals surface area contributed by atoms with Crippen LogP contribution in [0.15, 0.2) is 65.8 Å². The molecular weight excluding hydrogens is 388 g/mol. The van der Waals surface area contributed by atoms with Crippen molar-refractivity contribution < 1.29 is 0 Å². The summed E-state index contributed by atoms with van der Waals surface area (Å²) in [4.78, 5) is 12.9. The van der Waals surface area contributed by atoms with Crippen LogP contribution < -0.4 is 5.69 Å². The van der Waals surface area contributed by atoms with Crippen molar-refractivity contribution >= 4 is 0 Å². The molecule has 0 saturated heterocycles. The first-order valence-electron chi connectivity index (χ1n) is 10.3. The molecule has 0 spiro atoms. The average molecular weight is 412 g/mol. The summed E-state index contributed by atoms with van der Waals surface area (Å²) in [6.07, 6.45) is 11.2. The highest BCUT2D eigenvalue weighted by molar-refractivity contribution is 5.72. The molecule has 0 fully saturated rings. The summed E-state index contributed by atoms with van der Waals surface area (Å²) >= 11 is 0. The van der Waals surface area contributed by atoms with Gasteiger partial charge < -0.3 is 0 Å². The highest BCUT2D eigenvalue weighted by Crippen LogP contribution is 2.26. The first-order chi connectivity index (χ1) is 15.2. The smallest absolute Gasteiger partial charge is 0.299 e. The lowest BCUT2D eigenvalue weighted by atomic mass is 10.0. The molecule has 2 aromatic carbocycles. The van der Waals surface area contributed by atoms with E-state index in [9.17, 15) is 4.79 Å². The number of para-hydroxylation sites is 1. The first-order valence-corrected chi connectivity index (χ1v) is 10.3. The third-order valence-electron chi connectivity index (χ3n) is 5.22. The second kappa shape index (κ2) is 9.26. The van der Waals surface area contributed by atoms with Crippen molar-refractivity contribution in [2.75, 3.05) is 0 Å². The molecule has 0 N–H and O–H groups in total. The van der Waals surface area contributed by atoms with Crippen LogP contribution in [0, 0.1) is 12.3 Å². The van der Waals surface area contributed by atoms with E-state index in [4.69, 9.17) is 6.42 Å². The van der Waals surface area contributed by atoms with Gasteiger partial charge in [-0.05, 0) is 34.0 Å². The normalized spacial score (nSPS) is 10.8. The van der Waals surface area contributed by atoms with E-state index in [0.29, 0.717) is 25.9 Å². The predicted octanol–water partition coefficient (Wildman–Crippen LogP) is 3.32. The van der Waals surface area contributed by atoms with Crippen molar-refractivity contribution in [1.29, 1.82) is 0 Å². The lowest BCUT2D eigenvalue weighted by Crippen LogP contribution is -2.25. The largest absolute Gasteiger partial charge is 0.328 e. The lowest BCUT2D eigenvalue weighted by Gasteiger charge is -2.10. The van der Waals surface area contributed by atoms with Crippen LogP contribution in [-0.2, 0) is 19.5 Å². The average Bonchev–Trinajstić information content (AvgIpc) is 3.43. The molecule has 0 amide bonds. The van der Waals surface area contributed by atoms with Crippen LogP contribution in [0.4, 0.5) is 0 Å². The Morgan fingerprint density at radius 2 is 1.90 bits per heavy atom. The number of hydrogen-bond acceptors (Lipinski definition) is 4. The number of aryl methyl sites for hydroxylation is 2.